The summed E-state index contributed by atoms with van der Waals surface area (Å²) in [7, 11) is 1.64. The van der Waals surface area contributed by atoms with Crippen LogP contribution in [0.1, 0.15) is 26.2 Å². The van der Waals surface area contributed by atoms with E-state index in [0.29, 0.717) is 25.8 Å². The van der Waals surface area contributed by atoms with E-state index in [1.807, 2.05) is 0 Å². The molecule has 0 bridgehead atoms. The molecule has 1 rings (SSSR count). The van der Waals surface area contributed by atoms with Gasteiger partial charge in [-0.25, -0.2) is 0 Å². The highest BCUT2D eigenvalue weighted by Gasteiger charge is 2.35. The number of rotatable bonds is 4. The number of likely N-dealkylation sites (N-methyl/N-ethyl adjacent to an activating group) is 1. The number of amides is 1. The third-order valence-electron chi connectivity index (χ3n) is 3.05. The molecule has 92 valence electrons. The molecule has 0 aromatic carbocycles. The Morgan fingerprint density at radius 3 is 2.38 bits per heavy atom. The summed E-state index contributed by atoms with van der Waals surface area (Å²) in [4.78, 5) is 24.1. The van der Waals surface area contributed by atoms with E-state index in [1.165, 1.54) is 4.90 Å². The number of carbonyl (C=O) groups excluding carboxylic acids is 1. The van der Waals surface area contributed by atoms with Crippen molar-refractivity contribution in [1.29, 1.82) is 0 Å². The zero-order chi connectivity index (χ0) is 12.3. The quantitative estimate of drug-likeness (QED) is 0.728. The number of aliphatic carboxylic acids is 1. The molecule has 1 fully saturated rings. The Bertz CT molecular complexity index is 277. The lowest BCUT2D eigenvalue weighted by atomic mass is 10.0. The van der Waals surface area contributed by atoms with Crippen molar-refractivity contribution in [3.05, 3.63) is 0 Å². The Kier molecular flexibility index (Phi) is 4.29. The van der Waals surface area contributed by atoms with E-state index in [1.54, 1.807) is 14.0 Å². The third-order valence-corrected chi connectivity index (χ3v) is 3.05. The van der Waals surface area contributed by atoms with Crippen LogP contribution in [0.3, 0.4) is 0 Å². The lowest BCUT2D eigenvalue weighted by Gasteiger charge is -2.22. The summed E-state index contributed by atoms with van der Waals surface area (Å²) in [5.74, 6) is -1.43. The number of aliphatic hydroxyl groups excluding tert-OH is 1. The fourth-order valence-corrected chi connectivity index (χ4v) is 2.23. The lowest BCUT2D eigenvalue weighted by molar-refractivity contribution is -0.141. The first-order chi connectivity index (χ1) is 7.41. The number of aliphatic hydroxyl groups is 1. The van der Waals surface area contributed by atoms with E-state index < -0.39 is 12.1 Å². The van der Waals surface area contributed by atoms with Crippen LogP contribution < -0.4 is 0 Å². The van der Waals surface area contributed by atoms with Crippen LogP contribution in [0.25, 0.3) is 0 Å². The summed E-state index contributed by atoms with van der Waals surface area (Å²) in [6.07, 6.45) is 1.10. The first-order valence-corrected chi connectivity index (χ1v) is 5.57. The Balaban J connectivity index is 2.47. The predicted molar refractivity (Wildman–Crippen MR) is 57.8 cm³/mol. The lowest BCUT2D eigenvalue weighted by Crippen LogP contribution is -2.36. The van der Waals surface area contributed by atoms with Crippen LogP contribution in [0, 0.1) is 11.8 Å². The Hall–Kier alpha value is -1.10. The van der Waals surface area contributed by atoms with Gasteiger partial charge in [-0.15, -0.1) is 0 Å². The summed E-state index contributed by atoms with van der Waals surface area (Å²) in [5.41, 5.74) is 0. The fraction of sp³-hybridized carbons (Fsp3) is 0.818. The van der Waals surface area contributed by atoms with E-state index in [9.17, 15) is 9.59 Å². The van der Waals surface area contributed by atoms with Crippen molar-refractivity contribution in [1.82, 2.24) is 4.90 Å². The highest BCUT2D eigenvalue weighted by molar-refractivity contribution is 5.80. The number of hydrogen-bond acceptors (Lipinski definition) is 3. The van der Waals surface area contributed by atoms with E-state index >= 15 is 0 Å². The van der Waals surface area contributed by atoms with Crippen molar-refractivity contribution in [2.75, 3.05) is 13.6 Å². The first kappa shape index (κ1) is 13.0. The average Bonchev–Trinajstić information content (AvgIpc) is 2.64. The van der Waals surface area contributed by atoms with Gasteiger partial charge in [0.05, 0.1) is 12.0 Å². The van der Waals surface area contributed by atoms with Gasteiger partial charge in [0, 0.05) is 19.5 Å². The maximum atomic E-state index is 11.9. The molecule has 5 heteroatoms. The van der Waals surface area contributed by atoms with E-state index in [4.69, 9.17) is 10.2 Å². The second-order valence-corrected chi connectivity index (χ2v) is 4.61. The Morgan fingerprint density at radius 1 is 1.38 bits per heavy atom. The molecule has 16 heavy (non-hydrogen) atoms. The van der Waals surface area contributed by atoms with Crippen LogP contribution in [0.15, 0.2) is 0 Å². The molecule has 0 aromatic rings. The number of nitrogens with zero attached hydrogens (tertiary/aromatic N) is 1. The molecule has 0 heterocycles. The third kappa shape index (κ3) is 3.20. The van der Waals surface area contributed by atoms with E-state index in [0.717, 1.165) is 0 Å². The molecular formula is C11H19NO4. The number of carboxylic acid groups (broad SMARTS) is 1. The van der Waals surface area contributed by atoms with Crippen molar-refractivity contribution >= 4 is 11.9 Å². The van der Waals surface area contributed by atoms with Gasteiger partial charge in [0.2, 0.25) is 5.91 Å². The first-order valence-electron chi connectivity index (χ1n) is 5.57. The topological polar surface area (TPSA) is 77.8 Å². The molecule has 0 aliphatic heterocycles. The molecule has 0 radical (unpaired) electrons. The maximum Gasteiger partial charge on any atom is 0.306 e. The van der Waals surface area contributed by atoms with Crippen LogP contribution >= 0.6 is 0 Å². The minimum Gasteiger partial charge on any atom is -0.481 e. The molecule has 2 N–H and O–H groups in total. The highest BCUT2D eigenvalue weighted by atomic mass is 16.4. The monoisotopic (exact) mass is 229 g/mol. The largest absolute Gasteiger partial charge is 0.481 e. The van der Waals surface area contributed by atoms with Gasteiger partial charge >= 0.3 is 5.97 Å². The van der Waals surface area contributed by atoms with Crippen LogP contribution in [0.4, 0.5) is 0 Å². The van der Waals surface area contributed by atoms with Crippen LogP contribution in [0.2, 0.25) is 0 Å². The molecule has 0 spiro atoms. The summed E-state index contributed by atoms with van der Waals surface area (Å²) in [6.45, 7) is 1.92. The SMILES string of the molecule is CC(O)CN(C)C(=O)[C@@H]1CC[C@H](C(=O)O)C1. The van der Waals surface area contributed by atoms with Crippen molar-refractivity contribution in [3.63, 3.8) is 0 Å². The summed E-state index contributed by atoms with van der Waals surface area (Å²) in [6, 6.07) is 0. The minimum atomic E-state index is -0.812. The zero-order valence-corrected chi connectivity index (χ0v) is 9.72. The molecular weight excluding hydrogens is 210 g/mol. The summed E-state index contributed by atoms with van der Waals surface area (Å²) >= 11 is 0. The zero-order valence-electron chi connectivity index (χ0n) is 9.72. The van der Waals surface area contributed by atoms with Gasteiger partial charge in [-0.1, -0.05) is 0 Å². The van der Waals surface area contributed by atoms with Gasteiger partial charge in [0.25, 0.3) is 0 Å². The van der Waals surface area contributed by atoms with Gasteiger partial charge in [-0.2, -0.15) is 0 Å². The number of carbonyl (C=O) groups is 2. The smallest absolute Gasteiger partial charge is 0.306 e. The normalized spacial score (nSPS) is 26.4. The van der Waals surface area contributed by atoms with E-state index in [-0.39, 0.29) is 17.7 Å². The van der Waals surface area contributed by atoms with Gasteiger partial charge in [0.15, 0.2) is 0 Å². The molecule has 5 nitrogen and oxygen atoms in total. The fourth-order valence-electron chi connectivity index (χ4n) is 2.23. The van der Waals surface area contributed by atoms with Crippen molar-refractivity contribution in [3.8, 4) is 0 Å². The molecule has 3 atom stereocenters. The second kappa shape index (κ2) is 5.30. The van der Waals surface area contributed by atoms with Crippen LogP contribution in [-0.4, -0.2) is 46.7 Å². The average molecular weight is 229 g/mol. The molecule has 0 aromatic heterocycles. The van der Waals surface area contributed by atoms with Gasteiger partial charge < -0.3 is 15.1 Å². The minimum absolute atomic E-state index is 0.0512. The van der Waals surface area contributed by atoms with Crippen molar-refractivity contribution in [2.24, 2.45) is 11.8 Å². The second-order valence-electron chi connectivity index (χ2n) is 4.61. The van der Waals surface area contributed by atoms with Crippen LogP contribution in [-0.2, 0) is 9.59 Å². The van der Waals surface area contributed by atoms with Gasteiger partial charge in [-0.3, -0.25) is 9.59 Å². The van der Waals surface area contributed by atoms with Crippen molar-refractivity contribution < 1.29 is 19.8 Å². The molecule has 0 saturated heterocycles. The Labute approximate surface area is 95.1 Å². The molecule has 1 unspecified atom stereocenters. The number of carboxylic acids is 1. The highest BCUT2D eigenvalue weighted by Crippen LogP contribution is 2.32. The predicted octanol–water partition coefficient (Wildman–Crippen LogP) is 0.326. The van der Waals surface area contributed by atoms with E-state index in [2.05, 4.69) is 0 Å². The summed E-state index contributed by atoms with van der Waals surface area (Å²) < 4.78 is 0. The van der Waals surface area contributed by atoms with Gasteiger partial charge in [0.1, 0.15) is 0 Å². The summed E-state index contributed by atoms with van der Waals surface area (Å²) in [5, 5.41) is 18.0. The standard InChI is InChI=1S/C11H19NO4/c1-7(13)6-12(2)10(14)8-3-4-9(5-8)11(15)16/h7-9,13H,3-6H2,1-2H3,(H,15,16)/t7?,8-,9+/m1/s1. The van der Waals surface area contributed by atoms with Crippen molar-refractivity contribution in [2.45, 2.75) is 32.3 Å². The maximum absolute atomic E-state index is 11.9. The van der Waals surface area contributed by atoms with Crippen LogP contribution in [0.5, 0.6) is 0 Å². The Morgan fingerprint density at radius 2 is 1.94 bits per heavy atom. The number of hydrogen-bond donors (Lipinski definition) is 2. The molecule has 1 aliphatic rings. The molecule has 1 saturated carbocycles. The molecule has 1 aliphatic carbocycles. The molecule has 1 amide bonds. The van der Waals surface area contributed by atoms with Gasteiger partial charge in [-0.05, 0) is 26.2 Å².